The number of amides is 1. The SMILES string of the molecule is O=C(CN(c1ccccc1)S(=O)(=O)c1ccc(Cl)cc1)NCCCSC1CCCCC1. The lowest BCUT2D eigenvalue weighted by Gasteiger charge is -2.24. The van der Waals surface area contributed by atoms with Gasteiger partial charge in [-0.3, -0.25) is 9.10 Å². The summed E-state index contributed by atoms with van der Waals surface area (Å²) >= 11 is 7.89. The van der Waals surface area contributed by atoms with Crippen molar-refractivity contribution < 1.29 is 13.2 Å². The van der Waals surface area contributed by atoms with Gasteiger partial charge in [-0.15, -0.1) is 0 Å². The average Bonchev–Trinajstić information content (AvgIpc) is 2.79. The number of carbonyl (C=O) groups excluding carboxylic acids is 1. The lowest BCUT2D eigenvalue weighted by molar-refractivity contribution is -0.119. The minimum absolute atomic E-state index is 0.0948. The van der Waals surface area contributed by atoms with Crippen molar-refractivity contribution >= 4 is 45.0 Å². The highest BCUT2D eigenvalue weighted by atomic mass is 35.5. The van der Waals surface area contributed by atoms with Crippen molar-refractivity contribution in [3.63, 3.8) is 0 Å². The number of hydrogen-bond acceptors (Lipinski definition) is 4. The second-order valence-corrected chi connectivity index (χ2v) is 11.3. The lowest BCUT2D eigenvalue weighted by Crippen LogP contribution is -2.41. The molecular weight excluding hydrogens is 452 g/mol. The van der Waals surface area contributed by atoms with Gasteiger partial charge in [0.15, 0.2) is 0 Å². The van der Waals surface area contributed by atoms with Gasteiger partial charge in [0.1, 0.15) is 6.54 Å². The first kappa shape index (κ1) is 24.0. The second kappa shape index (κ2) is 11.8. The molecule has 1 aliphatic rings. The van der Waals surface area contributed by atoms with Gasteiger partial charge in [-0.1, -0.05) is 49.1 Å². The number of thioether (sulfide) groups is 1. The molecule has 2 aromatic rings. The van der Waals surface area contributed by atoms with Crippen molar-refractivity contribution in [1.82, 2.24) is 5.32 Å². The van der Waals surface area contributed by atoms with Crippen molar-refractivity contribution in [2.75, 3.05) is 23.1 Å². The first-order valence-electron chi connectivity index (χ1n) is 10.7. The molecule has 1 saturated carbocycles. The highest BCUT2D eigenvalue weighted by molar-refractivity contribution is 7.99. The van der Waals surface area contributed by atoms with E-state index in [1.54, 1.807) is 30.3 Å². The topological polar surface area (TPSA) is 66.5 Å². The van der Waals surface area contributed by atoms with E-state index in [4.69, 9.17) is 11.6 Å². The molecule has 0 heterocycles. The highest BCUT2D eigenvalue weighted by Gasteiger charge is 2.27. The summed E-state index contributed by atoms with van der Waals surface area (Å²) in [4.78, 5) is 12.7. The molecule has 5 nitrogen and oxygen atoms in total. The average molecular weight is 481 g/mol. The molecule has 1 N–H and O–H groups in total. The first-order chi connectivity index (χ1) is 15.0. The standard InChI is InChI=1S/C23H29ClN2O3S2/c24-19-12-14-22(15-13-19)31(28,29)26(20-8-3-1-4-9-20)18-23(27)25-16-7-17-30-21-10-5-2-6-11-21/h1,3-4,8-9,12-15,21H,2,5-7,10-11,16-18H2,(H,25,27). The minimum Gasteiger partial charge on any atom is -0.354 e. The maximum absolute atomic E-state index is 13.2. The Labute approximate surface area is 194 Å². The van der Waals surface area contributed by atoms with Crippen molar-refractivity contribution in [2.45, 2.75) is 48.7 Å². The quantitative estimate of drug-likeness (QED) is 0.480. The summed E-state index contributed by atoms with van der Waals surface area (Å²) in [5, 5.41) is 4.08. The Kier molecular flexibility index (Phi) is 9.11. The van der Waals surface area contributed by atoms with Crippen LogP contribution >= 0.6 is 23.4 Å². The van der Waals surface area contributed by atoms with Crippen molar-refractivity contribution in [1.29, 1.82) is 0 Å². The van der Waals surface area contributed by atoms with Crippen molar-refractivity contribution in [3.05, 3.63) is 59.6 Å². The molecular formula is C23H29ClN2O3S2. The molecule has 0 unspecified atom stereocenters. The largest absolute Gasteiger partial charge is 0.354 e. The fourth-order valence-electron chi connectivity index (χ4n) is 3.61. The van der Waals surface area contributed by atoms with Gasteiger partial charge in [0.2, 0.25) is 5.91 Å². The van der Waals surface area contributed by atoms with Crippen LogP contribution in [-0.2, 0) is 14.8 Å². The number of halogens is 1. The molecule has 168 valence electrons. The third-order valence-corrected chi connectivity index (χ3v) is 8.79. The highest BCUT2D eigenvalue weighted by Crippen LogP contribution is 2.28. The number of nitrogens with one attached hydrogen (secondary N) is 1. The fraction of sp³-hybridized carbons (Fsp3) is 0.435. The summed E-state index contributed by atoms with van der Waals surface area (Å²) < 4.78 is 27.6. The van der Waals surface area contributed by atoms with Gasteiger partial charge in [-0.2, -0.15) is 11.8 Å². The molecule has 8 heteroatoms. The van der Waals surface area contributed by atoms with Gasteiger partial charge in [0.25, 0.3) is 10.0 Å². The Morgan fingerprint density at radius 2 is 1.71 bits per heavy atom. The molecule has 2 aromatic carbocycles. The number of benzene rings is 2. The Balaban J connectivity index is 1.58. The number of rotatable bonds is 10. The summed E-state index contributed by atoms with van der Waals surface area (Å²) in [5.41, 5.74) is 0.445. The van der Waals surface area contributed by atoms with Gasteiger partial charge in [0, 0.05) is 16.8 Å². The van der Waals surface area contributed by atoms with Crippen LogP contribution in [0, 0.1) is 0 Å². The Morgan fingerprint density at radius 1 is 1.03 bits per heavy atom. The van der Waals surface area contributed by atoms with Crippen LogP contribution < -0.4 is 9.62 Å². The summed E-state index contributed by atoms with van der Waals surface area (Å²) in [7, 11) is -3.91. The lowest BCUT2D eigenvalue weighted by atomic mass is 10.0. The zero-order valence-corrected chi connectivity index (χ0v) is 19.9. The minimum atomic E-state index is -3.91. The molecule has 0 atom stereocenters. The van der Waals surface area contributed by atoms with E-state index in [1.807, 2.05) is 11.8 Å². The molecule has 1 amide bonds. The van der Waals surface area contributed by atoms with Gasteiger partial charge in [-0.05, 0) is 61.4 Å². The van der Waals surface area contributed by atoms with Crippen LogP contribution in [0.2, 0.25) is 5.02 Å². The number of para-hydroxylation sites is 1. The number of anilines is 1. The zero-order chi connectivity index (χ0) is 22.1. The molecule has 0 aliphatic heterocycles. The molecule has 0 radical (unpaired) electrons. The van der Waals surface area contributed by atoms with Crippen LogP contribution in [0.3, 0.4) is 0 Å². The van der Waals surface area contributed by atoms with Crippen LogP contribution in [-0.4, -0.2) is 38.4 Å². The van der Waals surface area contributed by atoms with Gasteiger partial charge < -0.3 is 5.32 Å². The smallest absolute Gasteiger partial charge is 0.264 e. The summed E-state index contributed by atoms with van der Waals surface area (Å²) in [5.74, 6) is 0.695. The van der Waals surface area contributed by atoms with E-state index in [1.165, 1.54) is 56.4 Å². The van der Waals surface area contributed by atoms with Crippen LogP contribution in [0.5, 0.6) is 0 Å². The molecule has 0 saturated heterocycles. The molecule has 31 heavy (non-hydrogen) atoms. The molecule has 1 aliphatic carbocycles. The van der Waals surface area contributed by atoms with Crippen molar-refractivity contribution in [2.24, 2.45) is 0 Å². The van der Waals surface area contributed by atoms with E-state index in [0.29, 0.717) is 17.3 Å². The van der Waals surface area contributed by atoms with Gasteiger partial charge in [-0.25, -0.2) is 8.42 Å². The number of sulfonamides is 1. The number of nitrogens with zero attached hydrogens (tertiary/aromatic N) is 1. The van der Waals surface area contributed by atoms with Gasteiger partial charge in [0.05, 0.1) is 10.6 Å². The summed E-state index contributed by atoms with van der Waals surface area (Å²) in [6.45, 7) is 0.271. The second-order valence-electron chi connectivity index (χ2n) is 7.64. The Hall–Kier alpha value is -1.70. The van der Waals surface area contributed by atoms with Crippen LogP contribution in [0.1, 0.15) is 38.5 Å². The fourth-order valence-corrected chi connectivity index (χ4v) is 6.47. The van der Waals surface area contributed by atoms with E-state index in [-0.39, 0.29) is 17.3 Å². The van der Waals surface area contributed by atoms with Crippen LogP contribution in [0.15, 0.2) is 59.5 Å². The molecule has 3 rings (SSSR count). The number of hydrogen-bond donors (Lipinski definition) is 1. The molecule has 1 fully saturated rings. The summed E-state index contributed by atoms with van der Waals surface area (Å²) in [6, 6.07) is 14.6. The van der Waals surface area contributed by atoms with E-state index in [0.717, 1.165) is 21.7 Å². The monoisotopic (exact) mass is 480 g/mol. The predicted octanol–water partition coefficient (Wildman–Crippen LogP) is 5.11. The van der Waals surface area contributed by atoms with Crippen LogP contribution in [0.4, 0.5) is 5.69 Å². The zero-order valence-electron chi connectivity index (χ0n) is 17.5. The number of carbonyl (C=O) groups is 1. The molecule has 0 bridgehead atoms. The Bertz CT molecular complexity index is 931. The van der Waals surface area contributed by atoms with E-state index in [9.17, 15) is 13.2 Å². The predicted molar refractivity (Wildman–Crippen MR) is 129 cm³/mol. The normalized spacial score (nSPS) is 14.9. The maximum atomic E-state index is 13.2. The third kappa shape index (κ3) is 7.16. The Morgan fingerprint density at radius 3 is 2.39 bits per heavy atom. The summed E-state index contributed by atoms with van der Waals surface area (Å²) in [6.07, 6.45) is 7.47. The van der Waals surface area contributed by atoms with E-state index < -0.39 is 10.0 Å². The third-order valence-electron chi connectivity index (χ3n) is 5.28. The van der Waals surface area contributed by atoms with Gasteiger partial charge >= 0.3 is 0 Å². The van der Waals surface area contributed by atoms with E-state index >= 15 is 0 Å². The van der Waals surface area contributed by atoms with Crippen LogP contribution in [0.25, 0.3) is 0 Å². The molecule has 0 spiro atoms. The van der Waals surface area contributed by atoms with E-state index in [2.05, 4.69) is 5.32 Å². The first-order valence-corrected chi connectivity index (χ1v) is 13.5. The van der Waals surface area contributed by atoms with Crippen molar-refractivity contribution in [3.8, 4) is 0 Å². The maximum Gasteiger partial charge on any atom is 0.264 e. The molecule has 0 aromatic heterocycles.